The lowest BCUT2D eigenvalue weighted by molar-refractivity contribution is -0.0888. The van der Waals surface area contributed by atoms with Gasteiger partial charge in [-0.1, -0.05) is 33.9 Å². The number of halogens is 4. The molecule has 0 bridgehead atoms. The maximum atomic E-state index is 12.6. The predicted octanol–water partition coefficient (Wildman–Crippen LogP) is 4.87. The normalized spacial score (nSPS) is 19.3. The third kappa shape index (κ3) is 6.55. The molecule has 3 atom stereocenters. The Hall–Kier alpha value is -0.410. The maximum absolute atomic E-state index is 12.6. The minimum absolute atomic E-state index is 0.00475. The van der Waals surface area contributed by atoms with Crippen molar-refractivity contribution in [3.63, 3.8) is 0 Å². The zero-order chi connectivity index (χ0) is 22.5. The van der Waals surface area contributed by atoms with Crippen LogP contribution in [-0.4, -0.2) is 32.5 Å². The number of pyridine rings is 1. The van der Waals surface area contributed by atoms with Crippen LogP contribution < -0.4 is 9.46 Å². The fraction of sp³-hybridized carbons (Fsp3) is 0.625. The number of rotatable bonds is 3. The van der Waals surface area contributed by atoms with Gasteiger partial charge in [-0.25, -0.2) is 13.9 Å². The van der Waals surface area contributed by atoms with Crippen molar-refractivity contribution in [1.29, 1.82) is 0 Å². The lowest BCUT2D eigenvalue weighted by Gasteiger charge is -2.28. The Balaban J connectivity index is 0.00000171. The number of carbonyl (C=O) groups excluding carboxylic acids is 1. The van der Waals surface area contributed by atoms with Crippen LogP contribution in [0.1, 0.15) is 57.6 Å². The van der Waals surface area contributed by atoms with E-state index in [1.807, 2.05) is 13.8 Å². The summed E-state index contributed by atoms with van der Waals surface area (Å²) in [6.45, 7) is 10.8. The molecular weight excluding hydrogens is 456 g/mol. The standard InChI is InChI=1S/C14H16ClF3N2O3S.C2H6.H3PS/c1-12(2,3)24(22)20-13(4)6-23-9-7(13)5-8(19-11(9)15)10(21)14(16,17)18;2*1-2/h5,20H,6H2,1-4H3;1-2H3;2H,1H2. The van der Waals surface area contributed by atoms with E-state index in [2.05, 4.69) is 30.4 Å². The second-order valence-corrected chi connectivity index (χ2v) is 8.93. The first kappa shape index (κ1) is 27.6. The van der Waals surface area contributed by atoms with Crippen LogP contribution >= 0.6 is 32.3 Å². The van der Waals surface area contributed by atoms with E-state index in [-0.39, 0.29) is 23.1 Å². The van der Waals surface area contributed by atoms with Crippen LogP contribution in [0, 0.1) is 0 Å². The van der Waals surface area contributed by atoms with Gasteiger partial charge < -0.3 is 4.74 Å². The zero-order valence-electron chi connectivity index (χ0n) is 16.4. The van der Waals surface area contributed by atoms with Gasteiger partial charge in [0.1, 0.15) is 12.3 Å². The molecule has 3 unspecified atom stereocenters. The van der Waals surface area contributed by atoms with Crippen molar-refractivity contribution in [2.45, 2.75) is 58.0 Å². The molecule has 5 nitrogen and oxygen atoms in total. The van der Waals surface area contributed by atoms with Gasteiger partial charge in [0.05, 0.1) is 21.3 Å². The number of ketones is 1. The summed E-state index contributed by atoms with van der Waals surface area (Å²) in [7, 11) is 0.596. The first-order chi connectivity index (χ1) is 12.8. The predicted molar refractivity (Wildman–Crippen MR) is 114 cm³/mol. The average Bonchev–Trinajstić information content (AvgIpc) is 2.93. The number of nitrogens with zero attached hydrogens (tertiary/aromatic N) is 1. The largest absolute Gasteiger partial charge is 0.488 e. The summed E-state index contributed by atoms with van der Waals surface area (Å²) >= 11 is 9.31. The fourth-order valence-corrected chi connectivity index (χ4v) is 3.18. The van der Waals surface area contributed by atoms with Gasteiger partial charge >= 0.3 is 6.18 Å². The average molecular weight is 481 g/mol. The third-order valence-corrected chi connectivity index (χ3v) is 5.40. The number of alkyl halides is 3. The molecule has 0 radical (unpaired) electrons. The number of fused-ring (bicyclic) bond motifs is 1. The van der Waals surface area contributed by atoms with Crippen molar-refractivity contribution in [2.75, 3.05) is 6.61 Å². The summed E-state index contributed by atoms with van der Waals surface area (Å²) in [6.07, 6.45) is -5.07. The van der Waals surface area contributed by atoms with Crippen molar-refractivity contribution in [1.82, 2.24) is 9.71 Å². The molecular formula is C16H25ClF3N2O3PS2. The first-order valence-corrected chi connectivity index (χ1v) is 11.8. The molecule has 28 heavy (non-hydrogen) atoms. The van der Waals surface area contributed by atoms with Crippen LogP contribution in [0.3, 0.4) is 0 Å². The van der Waals surface area contributed by atoms with Gasteiger partial charge in [-0.05, 0) is 33.8 Å². The Bertz CT molecular complexity index is 730. The van der Waals surface area contributed by atoms with E-state index in [1.165, 1.54) is 0 Å². The van der Waals surface area contributed by atoms with E-state index in [1.54, 1.807) is 27.7 Å². The van der Waals surface area contributed by atoms with E-state index in [4.69, 9.17) is 16.3 Å². The van der Waals surface area contributed by atoms with Gasteiger partial charge in [0.2, 0.25) is 0 Å². The number of hydrogen-bond donors (Lipinski definition) is 2. The molecule has 1 N–H and O–H groups in total. The Kier molecular flexibility index (Phi) is 10.4. The Morgan fingerprint density at radius 2 is 1.86 bits per heavy atom. The molecule has 0 aromatic carbocycles. The summed E-state index contributed by atoms with van der Waals surface area (Å²) in [5.74, 6) is -2.02. The fourth-order valence-electron chi connectivity index (χ4n) is 2.05. The molecule has 1 aromatic heterocycles. The van der Waals surface area contributed by atoms with E-state index in [9.17, 15) is 22.2 Å². The van der Waals surface area contributed by atoms with E-state index in [0.717, 1.165) is 6.07 Å². The molecule has 0 saturated carbocycles. The van der Waals surface area contributed by atoms with Crippen molar-refractivity contribution in [2.24, 2.45) is 0 Å². The number of ether oxygens (including phenoxy) is 1. The zero-order valence-corrected chi connectivity index (χ0v) is 20.0. The van der Waals surface area contributed by atoms with E-state index in [0.29, 0.717) is 0 Å². The van der Waals surface area contributed by atoms with Crippen LogP contribution in [0.25, 0.3) is 0 Å². The number of Topliss-reactive ketones (excluding diaryl/α,β-unsaturated/α-hetero) is 1. The second kappa shape index (κ2) is 10.6. The highest BCUT2D eigenvalue weighted by Crippen LogP contribution is 2.42. The highest BCUT2D eigenvalue weighted by molar-refractivity contribution is 8.31. The van der Waals surface area contributed by atoms with Crippen molar-refractivity contribution < 1.29 is 26.9 Å². The van der Waals surface area contributed by atoms with Crippen molar-refractivity contribution in [3.8, 4) is 5.75 Å². The highest BCUT2D eigenvalue weighted by Gasteiger charge is 2.45. The quantitative estimate of drug-likeness (QED) is 0.280. The first-order valence-electron chi connectivity index (χ1n) is 8.16. The summed E-state index contributed by atoms with van der Waals surface area (Å²) < 4.78 is 57.9. The third-order valence-electron chi connectivity index (χ3n) is 3.40. The summed E-state index contributed by atoms with van der Waals surface area (Å²) in [5.41, 5.74) is -1.68. The molecule has 0 spiro atoms. The highest BCUT2D eigenvalue weighted by atomic mass is 35.5. The van der Waals surface area contributed by atoms with Gasteiger partial charge in [0.25, 0.3) is 5.78 Å². The summed E-state index contributed by atoms with van der Waals surface area (Å²) in [5, 5.41) is -0.341. The summed E-state index contributed by atoms with van der Waals surface area (Å²) in [4.78, 5) is 14.9. The number of carbonyl (C=O) groups is 1. The molecule has 0 fully saturated rings. The SMILES string of the molecule is CC.CC1(NS(=O)C(C)(C)C)COc2c1cc(C(=O)C(F)(F)F)nc2Cl.PS. The van der Waals surface area contributed by atoms with Gasteiger partial charge in [-0.15, -0.1) is 0 Å². The van der Waals surface area contributed by atoms with Crippen LogP contribution in [0.15, 0.2) is 6.07 Å². The molecule has 0 aliphatic carbocycles. The van der Waals surface area contributed by atoms with Gasteiger partial charge in [-0.2, -0.15) is 25.4 Å². The van der Waals surface area contributed by atoms with Crippen LogP contribution in [0.4, 0.5) is 13.2 Å². The van der Waals surface area contributed by atoms with Crippen LogP contribution in [0.2, 0.25) is 5.15 Å². The lowest BCUT2D eigenvalue weighted by Crippen LogP contribution is -2.47. The minimum Gasteiger partial charge on any atom is -0.488 e. The Morgan fingerprint density at radius 3 is 2.29 bits per heavy atom. The second-order valence-electron chi connectivity index (χ2n) is 6.61. The number of thiol groups is 1. The Morgan fingerprint density at radius 1 is 1.36 bits per heavy atom. The molecule has 162 valence electrons. The molecule has 0 amide bonds. The molecule has 1 aliphatic rings. The molecule has 1 aromatic rings. The number of nitrogens with one attached hydrogen (secondary N) is 1. The molecule has 1 aliphatic heterocycles. The summed E-state index contributed by atoms with van der Waals surface area (Å²) in [6, 6.07) is 0.983. The number of hydrogen-bond acceptors (Lipinski definition) is 5. The van der Waals surface area contributed by atoms with Gasteiger partial charge in [-0.3, -0.25) is 4.79 Å². The van der Waals surface area contributed by atoms with Gasteiger partial charge in [0, 0.05) is 5.56 Å². The van der Waals surface area contributed by atoms with Crippen LogP contribution in [-0.2, 0) is 16.5 Å². The van der Waals surface area contributed by atoms with Crippen molar-refractivity contribution in [3.05, 3.63) is 22.5 Å². The maximum Gasteiger partial charge on any atom is 0.456 e. The van der Waals surface area contributed by atoms with E-state index < -0.39 is 38.9 Å². The van der Waals surface area contributed by atoms with Crippen LogP contribution in [0.5, 0.6) is 5.75 Å². The molecule has 2 rings (SSSR count). The molecule has 2 heterocycles. The lowest BCUT2D eigenvalue weighted by atomic mass is 9.95. The molecule has 0 saturated heterocycles. The smallest absolute Gasteiger partial charge is 0.456 e. The van der Waals surface area contributed by atoms with Crippen molar-refractivity contribution >= 4 is 49.1 Å². The van der Waals surface area contributed by atoms with Gasteiger partial charge in [0.15, 0.2) is 10.9 Å². The monoisotopic (exact) mass is 480 g/mol. The molecule has 12 heteroatoms. The topological polar surface area (TPSA) is 68.3 Å². The Labute approximate surface area is 178 Å². The number of aromatic nitrogens is 1. The minimum atomic E-state index is -5.07. The van der Waals surface area contributed by atoms with E-state index >= 15 is 0 Å².